The third-order valence-electron chi connectivity index (χ3n) is 11.9. The van der Waals surface area contributed by atoms with Crippen molar-refractivity contribution in [3.8, 4) is 33.6 Å². The van der Waals surface area contributed by atoms with Crippen LogP contribution in [-0.2, 0) is 0 Å². The minimum absolute atomic E-state index is 0.966. The fraction of sp³-hybridized carbons (Fsp3) is 0. The lowest BCUT2D eigenvalue weighted by Gasteiger charge is -2.09. The molecule has 0 radical (unpaired) electrons. The number of hydrogen-bond donors (Lipinski definition) is 0. The van der Waals surface area contributed by atoms with Gasteiger partial charge in [-0.25, -0.2) is 0 Å². The van der Waals surface area contributed by atoms with Crippen molar-refractivity contribution in [1.82, 2.24) is 9.13 Å². The Morgan fingerprint density at radius 3 is 1.23 bits per heavy atom. The second kappa shape index (κ2) is 11.8. The molecule has 0 bridgehead atoms. The van der Waals surface area contributed by atoms with Crippen LogP contribution in [0.1, 0.15) is 0 Å². The number of thiophene rings is 2. The molecule has 0 aliphatic heterocycles. The average molecular weight is 763 g/mol. The second-order valence-electron chi connectivity index (χ2n) is 14.9. The van der Waals surface area contributed by atoms with Crippen LogP contribution in [0.4, 0.5) is 0 Å². The Morgan fingerprint density at radius 1 is 0.333 bits per heavy atom. The molecule has 0 saturated heterocycles. The van der Waals surface area contributed by atoms with E-state index in [1.54, 1.807) is 22.7 Å². The maximum absolute atomic E-state index is 6.95. The van der Waals surface area contributed by atoms with Crippen molar-refractivity contribution in [2.24, 2.45) is 0 Å². The summed E-state index contributed by atoms with van der Waals surface area (Å²) in [5.41, 5.74) is 14.0. The molecule has 13 aromatic rings. The summed E-state index contributed by atoms with van der Waals surface area (Å²) in [5, 5.41) is 14.2. The van der Waals surface area contributed by atoms with Crippen molar-refractivity contribution in [3.63, 3.8) is 0 Å². The topological polar surface area (TPSA) is 23.0 Å². The van der Waals surface area contributed by atoms with Gasteiger partial charge in [-0.2, -0.15) is 0 Å². The van der Waals surface area contributed by atoms with Gasteiger partial charge < -0.3 is 13.6 Å². The molecule has 0 fully saturated rings. The average Bonchev–Trinajstić information content (AvgIpc) is 4.11. The number of furan rings is 1. The smallest absolute Gasteiger partial charge is 0.153 e. The van der Waals surface area contributed by atoms with E-state index in [1.807, 2.05) is 0 Å². The van der Waals surface area contributed by atoms with Crippen LogP contribution in [0.25, 0.3) is 119 Å². The lowest BCUT2D eigenvalue weighted by atomic mass is 9.95. The number of hydrogen-bond acceptors (Lipinski definition) is 3. The summed E-state index contributed by atoms with van der Waals surface area (Å²) in [4.78, 5) is 0. The van der Waals surface area contributed by atoms with Gasteiger partial charge in [0.25, 0.3) is 0 Å². The highest BCUT2D eigenvalue weighted by Gasteiger charge is 2.22. The maximum atomic E-state index is 6.95. The van der Waals surface area contributed by atoms with Gasteiger partial charge in [0.05, 0.1) is 31.5 Å². The molecule has 266 valence electrons. The summed E-state index contributed by atoms with van der Waals surface area (Å²) in [5.74, 6) is 0. The van der Waals surface area contributed by atoms with Crippen LogP contribution in [0, 0.1) is 0 Å². The van der Waals surface area contributed by atoms with Crippen molar-refractivity contribution < 1.29 is 4.42 Å². The minimum Gasteiger partial charge on any atom is -0.453 e. The number of nitrogens with zero attached hydrogens (tertiary/aromatic N) is 2. The zero-order valence-electron chi connectivity index (χ0n) is 30.4. The summed E-state index contributed by atoms with van der Waals surface area (Å²) in [6.07, 6.45) is 0. The van der Waals surface area contributed by atoms with E-state index in [2.05, 4.69) is 190 Å². The SMILES string of the molecule is c1ccc(-n2c3ccccc3c3cc(-c4cc5c6cc(-c7ccc8c(c7)c7ccccc7n8-c7ccccc7)c7ccsc7c6oc5c5sccc45)ccc32)cc1. The van der Waals surface area contributed by atoms with E-state index in [0.29, 0.717) is 0 Å². The van der Waals surface area contributed by atoms with Crippen molar-refractivity contribution in [1.29, 1.82) is 0 Å². The van der Waals surface area contributed by atoms with Crippen molar-refractivity contribution in [3.05, 3.63) is 181 Å². The summed E-state index contributed by atoms with van der Waals surface area (Å²) in [7, 11) is 0. The van der Waals surface area contributed by atoms with Gasteiger partial charge in [-0.1, -0.05) is 84.9 Å². The normalized spacial score (nSPS) is 12.2. The van der Waals surface area contributed by atoms with Gasteiger partial charge in [0, 0.05) is 54.5 Å². The summed E-state index contributed by atoms with van der Waals surface area (Å²) >= 11 is 3.53. The molecule has 3 nitrogen and oxygen atoms in total. The lowest BCUT2D eigenvalue weighted by Crippen LogP contribution is -1.92. The van der Waals surface area contributed by atoms with E-state index in [4.69, 9.17) is 4.42 Å². The Morgan fingerprint density at radius 2 is 0.754 bits per heavy atom. The fourth-order valence-electron chi connectivity index (χ4n) is 9.39. The number of para-hydroxylation sites is 4. The van der Waals surface area contributed by atoms with Gasteiger partial charge in [-0.3, -0.25) is 0 Å². The zero-order chi connectivity index (χ0) is 37.2. The molecule has 13 rings (SSSR count). The number of rotatable bonds is 4. The number of fused-ring (bicyclic) bond motifs is 13. The molecule has 0 saturated carbocycles. The van der Waals surface area contributed by atoms with Crippen molar-refractivity contribution >= 4 is 108 Å². The Kier molecular flexibility index (Phi) is 6.48. The molecule has 0 amide bonds. The highest BCUT2D eigenvalue weighted by atomic mass is 32.1. The van der Waals surface area contributed by atoms with E-state index >= 15 is 0 Å². The van der Waals surface area contributed by atoms with Gasteiger partial charge in [-0.15, -0.1) is 22.7 Å². The van der Waals surface area contributed by atoms with E-state index in [9.17, 15) is 0 Å². The predicted octanol–water partition coefficient (Wildman–Crippen LogP) is 15.5. The summed E-state index contributed by atoms with van der Waals surface area (Å²) in [6.45, 7) is 0. The molecule has 0 atom stereocenters. The maximum Gasteiger partial charge on any atom is 0.153 e. The standard InChI is InChI=1S/C52H30N2OS2/c1-3-11-33(12-4-1)53-45-17-9-7-15-35(45)41-27-31(19-21-47(41)53)39-29-43-44-30-40(38-24-26-57-52(38)50(44)55-49(43)51-37(39)23-25-56-51)32-20-22-48-42(28-32)36-16-8-10-18-46(36)54(48)34-13-5-2-6-14-34/h1-30H. The van der Waals surface area contributed by atoms with Crippen molar-refractivity contribution in [2.75, 3.05) is 0 Å². The monoisotopic (exact) mass is 762 g/mol. The van der Waals surface area contributed by atoms with Crippen LogP contribution >= 0.6 is 22.7 Å². The molecule has 57 heavy (non-hydrogen) atoms. The second-order valence-corrected chi connectivity index (χ2v) is 16.7. The molecule has 5 heteroatoms. The van der Waals surface area contributed by atoms with E-state index in [-0.39, 0.29) is 0 Å². The predicted molar refractivity (Wildman–Crippen MR) is 244 cm³/mol. The Balaban J connectivity index is 1.05. The zero-order valence-corrected chi connectivity index (χ0v) is 32.1. The highest BCUT2D eigenvalue weighted by Crippen LogP contribution is 2.48. The van der Waals surface area contributed by atoms with Gasteiger partial charge >= 0.3 is 0 Å². The molecule has 5 heterocycles. The van der Waals surface area contributed by atoms with Crippen LogP contribution in [0.3, 0.4) is 0 Å². The number of benzene rings is 8. The molecule has 0 spiro atoms. The molecule has 0 N–H and O–H groups in total. The third-order valence-corrected chi connectivity index (χ3v) is 13.7. The first-order valence-electron chi connectivity index (χ1n) is 19.2. The van der Waals surface area contributed by atoms with Gasteiger partial charge in [0.1, 0.15) is 0 Å². The highest BCUT2D eigenvalue weighted by molar-refractivity contribution is 7.18. The van der Waals surface area contributed by atoms with E-state index in [1.165, 1.54) is 97.4 Å². The molecule has 0 aliphatic carbocycles. The Bertz CT molecular complexity index is 3500. The minimum atomic E-state index is 0.966. The third kappa shape index (κ3) is 4.41. The number of aromatic nitrogens is 2. The first-order valence-corrected chi connectivity index (χ1v) is 21.0. The Hall–Kier alpha value is -6.92. The molecular weight excluding hydrogens is 733 g/mol. The van der Waals surface area contributed by atoms with Crippen molar-refractivity contribution in [2.45, 2.75) is 0 Å². The summed E-state index contributed by atoms with van der Waals surface area (Å²) < 4.78 is 14.1. The van der Waals surface area contributed by atoms with Crippen LogP contribution in [0.5, 0.6) is 0 Å². The lowest BCUT2D eigenvalue weighted by molar-refractivity contribution is 0.677. The molecule has 0 unspecified atom stereocenters. The quantitative estimate of drug-likeness (QED) is 0.175. The largest absolute Gasteiger partial charge is 0.453 e. The molecule has 0 aliphatic rings. The Labute approximate surface area is 334 Å². The molecular formula is C52H30N2OS2. The van der Waals surface area contributed by atoms with Crippen LogP contribution in [0.2, 0.25) is 0 Å². The van der Waals surface area contributed by atoms with Crippen LogP contribution in [-0.4, -0.2) is 9.13 Å². The summed E-state index contributed by atoms with van der Waals surface area (Å²) in [6, 6.07) is 62.1. The van der Waals surface area contributed by atoms with Crippen LogP contribution < -0.4 is 0 Å². The van der Waals surface area contributed by atoms with Crippen LogP contribution in [0.15, 0.2) is 185 Å². The van der Waals surface area contributed by atoms with Gasteiger partial charge in [-0.05, 0) is 118 Å². The first kappa shape index (κ1) is 31.3. The first-order chi connectivity index (χ1) is 28.3. The molecule has 8 aromatic carbocycles. The fourth-order valence-corrected chi connectivity index (χ4v) is 11.2. The molecule has 5 aromatic heterocycles. The van der Waals surface area contributed by atoms with E-state index < -0.39 is 0 Å². The van der Waals surface area contributed by atoms with Gasteiger partial charge in [0.15, 0.2) is 11.2 Å². The van der Waals surface area contributed by atoms with Gasteiger partial charge in [0.2, 0.25) is 0 Å². The van der Waals surface area contributed by atoms with E-state index in [0.717, 1.165) is 21.9 Å².